The van der Waals surface area contributed by atoms with Crippen molar-refractivity contribution in [2.75, 3.05) is 49.2 Å². The first kappa shape index (κ1) is 18.8. The molecule has 1 aliphatic rings. The van der Waals surface area contributed by atoms with Crippen LogP contribution in [0.15, 0.2) is 47.4 Å². The largest absolute Gasteiger partial charge is 0.369 e. The van der Waals surface area contributed by atoms with Crippen molar-refractivity contribution in [2.24, 2.45) is 0 Å². The third-order valence-corrected chi connectivity index (χ3v) is 5.76. The van der Waals surface area contributed by atoms with Crippen LogP contribution >= 0.6 is 11.8 Å². The second-order valence-corrected chi connectivity index (χ2v) is 7.43. The summed E-state index contributed by atoms with van der Waals surface area (Å²) in [5.41, 5.74) is 4.03. The summed E-state index contributed by atoms with van der Waals surface area (Å²) in [6.07, 6.45) is 1.99. The summed E-state index contributed by atoms with van der Waals surface area (Å²) in [4.78, 5) is 18.5. The standard InChI is InChI=1S/C21H27N3OS/c1-4-23-11-13-24(14-12-23)19-10-9-17(15-16(19)2)22-21(25)18-7-5-6-8-20(18)26-3/h5-10,15H,4,11-14H2,1-3H3,(H,22,25). The lowest BCUT2D eigenvalue weighted by Gasteiger charge is -2.36. The van der Waals surface area contributed by atoms with Crippen LogP contribution in [0.25, 0.3) is 0 Å². The Bertz CT molecular complexity index is 770. The number of nitrogens with zero attached hydrogens (tertiary/aromatic N) is 2. The maximum Gasteiger partial charge on any atom is 0.256 e. The molecule has 1 amide bonds. The number of anilines is 2. The predicted molar refractivity (Wildman–Crippen MR) is 112 cm³/mol. The van der Waals surface area contributed by atoms with Gasteiger partial charge < -0.3 is 15.1 Å². The van der Waals surface area contributed by atoms with E-state index in [9.17, 15) is 4.79 Å². The summed E-state index contributed by atoms with van der Waals surface area (Å²) in [5.74, 6) is -0.0568. The van der Waals surface area contributed by atoms with E-state index in [2.05, 4.69) is 41.1 Å². The molecule has 2 aromatic rings. The molecule has 4 nitrogen and oxygen atoms in total. The third-order valence-electron chi connectivity index (χ3n) is 4.97. The van der Waals surface area contributed by atoms with Crippen molar-refractivity contribution in [3.63, 3.8) is 0 Å². The number of rotatable bonds is 5. The minimum atomic E-state index is -0.0568. The zero-order valence-electron chi connectivity index (χ0n) is 15.8. The zero-order chi connectivity index (χ0) is 18.5. The number of likely N-dealkylation sites (N-methyl/N-ethyl adjacent to an activating group) is 1. The average molecular weight is 370 g/mol. The summed E-state index contributed by atoms with van der Waals surface area (Å²) in [5, 5.41) is 3.04. The Morgan fingerprint density at radius 1 is 1.12 bits per heavy atom. The second kappa shape index (κ2) is 8.60. The highest BCUT2D eigenvalue weighted by Gasteiger charge is 2.18. The van der Waals surface area contributed by atoms with Gasteiger partial charge in [-0.3, -0.25) is 4.79 Å². The fourth-order valence-electron chi connectivity index (χ4n) is 3.42. The quantitative estimate of drug-likeness (QED) is 0.805. The molecule has 0 spiro atoms. The van der Waals surface area contributed by atoms with Crippen molar-refractivity contribution in [1.29, 1.82) is 0 Å². The molecule has 0 unspecified atom stereocenters. The van der Waals surface area contributed by atoms with Gasteiger partial charge in [-0.25, -0.2) is 0 Å². The van der Waals surface area contributed by atoms with Crippen LogP contribution in [0.5, 0.6) is 0 Å². The Morgan fingerprint density at radius 2 is 1.85 bits per heavy atom. The normalized spacial score (nSPS) is 15.1. The minimum Gasteiger partial charge on any atom is -0.369 e. The van der Waals surface area contributed by atoms with Gasteiger partial charge in [0.1, 0.15) is 0 Å². The molecular weight excluding hydrogens is 342 g/mol. The van der Waals surface area contributed by atoms with E-state index in [-0.39, 0.29) is 5.91 Å². The van der Waals surface area contributed by atoms with E-state index in [0.717, 1.165) is 48.9 Å². The van der Waals surface area contributed by atoms with Crippen LogP contribution in [-0.4, -0.2) is 49.8 Å². The van der Waals surface area contributed by atoms with Gasteiger partial charge in [0, 0.05) is 42.4 Å². The number of aryl methyl sites for hydroxylation is 1. The lowest BCUT2D eigenvalue weighted by molar-refractivity contribution is 0.102. The van der Waals surface area contributed by atoms with E-state index in [0.29, 0.717) is 0 Å². The van der Waals surface area contributed by atoms with Gasteiger partial charge in [0.25, 0.3) is 5.91 Å². The highest BCUT2D eigenvalue weighted by atomic mass is 32.2. The van der Waals surface area contributed by atoms with Gasteiger partial charge >= 0.3 is 0 Å². The fourth-order valence-corrected chi connectivity index (χ4v) is 4.02. The van der Waals surface area contributed by atoms with E-state index < -0.39 is 0 Å². The molecule has 0 aromatic heterocycles. The molecule has 0 saturated carbocycles. The summed E-state index contributed by atoms with van der Waals surface area (Å²) < 4.78 is 0. The van der Waals surface area contributed by atoms with Crippen LogP contribution in [0.2, 0.25) is 0 Å². The molecule has 1 aliphatic heterocycles. The van der Waals surface area contributed by atoms with Gasteiger partial charge in [0.2, 0.25) is 0 Å². The van der Waals surface area contributed by atoms with Gasteiger partial charge in [-0.15, -0.1) is 11.8 Å². The number of thioether (sulfide) groups is 1. The van der Waals surface area contributed by atoms with Gasteiger partial charge in [0.15, 0.2) is 0 Å². The minimum absolute atomic E-state index is 0.0568. The first-order valence-electron chi connectivity index (χ1n) is 9.14. The van der Waals surface area contributed by atoms with Crippen molar-refractivity contribution >= 4 is 29.0 Å². The van der Waals surface area contributed by atoms with Crippen LogP contribution in [0, 0.1) is 6.92 Å². The first-order valence-corrected chi connectivity index (χ1v) is 10.4. The molecule has 26 heavy (non-hydrogen) atoms. The van der Waals surface area contributed by atoms with E-state index in [4.69, 9.17) is 0 Å². The van der Waals surface area contributed by atoms with Crippen LogP contribution < -0.4 is 10.2 Å². The highest BCUT2D eigenvalue weighted by Crippen LogP contribution is 2.26. The molecule has 3 rings (SSSR count). The van der Waals surface area contributed by atoms with Crippen molar-refractivity contribution in [2.45, 2.75) is 18.7 Å². The van der Waals surface area contributed by atoms with E-state index in [1.165, 1.54) is 11.3 Å². The Balaban J connectivity index is 1.71. The number of benzene rings is 2. The number of carbonyl (C=O) groups is 1. The van der Waals surface area contributed by atoms with Crippen molar-refractivity contribution in [3.05, 3.63) is 53.6 Å². The molecule has 1 heterocycles. The molecule has 0 aliphatic carbocycles. The molecule has 138 valence electrons. The van der Waals surface area contributed by atoms with Gasteiger partial charge in [-0.05, 0) is 55.6 Å². The van der Waals surface area contributed by atoms with Gasteiger partial charge in [-0.2, -0.15) is 0 Å². The molecule has 0 bridgehead atoms. The van der Waals surface area contributed by atoms with Crippen LogP contribution in [0.3, 0.4) is 0 Å². The summed E-state index contributed by atoms with van der Waals surface area (Å²) in [6, 6.07) is 13.9. The highest BCUT2D eigenvalue weighted by molar-refractivity contribution is 7.98. The van der Waals surface area contributed by atoms with Crippen LogP contribution in [-0.2, 0) is 0 Å². The SMILES string of the molecule is CCN1CCN(c2ccc(NC(=O)c3ccccc3SC)cc2C)CC1. The van der Waals surface area contributed by atoms with Crippen molar-refractivity contribution in [1.82, 2.24) is 4.90 Å². The van der Waals surface area contributed by atoms with Crippen LogP contribution in [0.4, 0.5) is 11.4 Å². The topological polar surface area (TPSA) is 35.6 Å². The number of hydrogen-bond acceptors (Lipinski definition) is 4. The van der Waals surface area contributed by atoms with Gasteiger partial charge in [-0.1, -0.05) is 19.1 Å². The lowest BCUT2D eigenvalue weighted by Crippen LogP contribution is -2.46. The first-order chi connectivity index (χ1) is 12.6. The molecule has 5 heteroatoms. The molecule has 1 N–H and O–H groups in total. The zero-order valence-corrected chi connectivity index (χ0v) is 16.6. The molecule has 0 atom stereocenters. The number of carbonyl (C=O) groups excluding carboxylic acids is 1. The maximum absolute atomic E-state index is 12.6. The number of amides is 1. The number of hydrogen-bond donors (Lipinski definition) is 1. The summed E-state index contributed by atoms with van der Waals surface area (Å²) in [7, 11) is 0. The van der Waals surface area contributed by atoms with E-state index in [1.54, 1.807) is 11.8 Å². The predicted octanol–water partition coefficient (Wildman–Crippen LogP) is 4.11. The maximum atomic E-state index is 12.6. The van der Waals surface area contributed by atoms with E-state index >= 15 is 0 Å². The van der Waals surface area contributed by atoms with E-state index in [1.807, 2.05) is 36.6 Å². The Morgan fingerprint density at radius 3 is 2.50 bits per heavy atom. The van der Waals surface area contributed by atoms with Crippen molar-refractivity contribution < 1.29 is 4.79 Å². The molecule has 0 radical (unpaired) electrons. The average Bonchev–Trinajstić information content (AvgIpc) is 2.68. The third kappa shape index (κ3) is 4.22. The molecular formula is C21H27N3OS. The Hall–Kier alpha value is -1.98. The second-order valence-electron chi connectivity index (χ2n) is 6.58. The Labute approximate surface area is 160 Å². The molecule has 1 fully saturated rings. The number of piperazine rings is 1. The van der Waals surface area contributed by atoms with Crippen LogP contribution in [0.1, 0.15) is 22.8 Å². The molecule has 2 aromatic carbocycles. The Kier molecular flexibility index (Phi) is 6.22. The monoisotopic (exact) mass is 369 g/mol. The smallest absolute Gasteiger partial charge is 0.256 e. The summed E-state index contributed by atoms with van der Waals surface area (Å²) >= 11 is 1.59. The summed E-state index contributed by atoms with van der Waals surface area (Å²) in [6.45, 7) is 9.79. The fraction of sp³-hybridized carbons (Fsp3) is 0.381. The number of nitrogens with one attached hydrogen (secondary N) is 1. The van der Waals surface area contributed by atoms with Gasteiger partial charge in [0.05, 0.1) is 5.56 Å². The lowest BCUT2D eigenvalue weighted by atomic mass is 10.1. The molecule has 1 saturated heterocycles. The van der Waals surface area contributed by atoms with Crippen molar-refractivity contribution in [3.8, 4) is 0 Å².